The number of halogens is 1. The third kappa shape index (κ3) is 2.96. The summed E-state index contributed by atoms with van der Waals surface area (Å²) in [6.45, 7) is 0. The van der Waals surface area contributed by atoms with Gasteiger partial charge >= 0.3 is 0 Å². The zero-order chi connectivity index (χ0) is 19.8. The number of benzene rings is 3. The van der Waals surface area contributed by atoms with Crippen molar-refractivity contribution < 1.29 is 19.4 Å². The highest BCUT2D eigenvalue weighted by Gasteiger charge is 2.35. The molecule has 0 heterocycles. The maximum absolute atomic E-state index is 13.1. The molecule has 1 aliphatic carbocycles. The summed E-state index contributed by atoms with van der Waals surface area (Å²) in [6.07, 6.45) is 1.20. The van der Waals surface area contributed by atoms with E-state index in [-0.39, 0.29) is 28.2 Å². The highest BCUT2D eigenvalue weighted by atomic mass is 35.5. The van der Waals surface area contributed by atoms with Gasteiger partial charge in [0.1, 0.15) is 11.5 Å². The van der Waals surface area contributed by atoms with Gasteiger partial charge in [-0.3, -0.25) is 9.59 Å². The van der Waals surface area contributed by atoms with Crippen molar-refractivity contribution in [2.45, 2.75) is 12.8 Å². The number of phenols is 1. The topological polar surface area (TPSA) is 63.6 Å². The molecule has 1 aliphatic rings. The number of carbonyl (C=O) groups excluding carboxylic acids is 2. The molecule has 0 aromatic heterocycles. The lowest BCUT2D eigenvalue weighted by Gasteiger charge is -2.21. The molecule has 140 valence electrons. The minimum atomic E-state index is -0.395. The van der Waals surface area contributed by atoms with Crippen LogP contribution in [-0.2, 0) is 12.8 Å². The second-order valence-corrected chi connectivity index (χ2v) is 7.10. The van der Waals surface area contributed by atoms with E-state index in [1.54, 1.807) is 30.3 Å². The van der Waals surface area contributed by atoms with Crippen molar-refractivity contribution in [2.24, 2.45) is 0 Å². The molecule has 3 aromatic carbocycles. The lowest BCUT2D eigenvalue weighted by molar-refractivity contribution is 0.0974. The van der Waals surface area contributed by atoms with Crippen LogP contribution in [0.25, 0.3) is 0 Å². The van der Waals surface area contributed by atoms with E-state index in [1.807, 2.05) is 24.3 Å². The SMILES string of the molecule is COc1cccc2c1C(=O)c1c(ccc(CCc3ccc(Cl)cc3)c1O)C2=O. The third-order valence-corrected chi connectivity index (χ3v) is 5.30. The highest BCUT2D eigenvalue weighted by molar-refractivity contribution is 6.31. The number of carbonyl (C=O) groups is 2. The maximum atomic E-state index is 13.1. The number of phenolic OH excluding ortho intramolecular Hbond substituents is 1. The fraction of sp³-hybridized carbons (Fsp3) is 0.130. The number of rotatable bonds is 4. The highest BCUT2D eigenvalue weighted by Crippen LogP contribution is 2.38. The molecule has 5 heteroatoms. The number of aromatic hydroxyl groups is 1. The van der Waals surface area contributed by atoms with E-state index in [2.05, 4.69) is 0 Å². The van der Waals surface area contributed by atoms with Crippen molar-refractivity contribution in [1.82, 2.24) is 0 Å². The minimum Gasteiger partial charge on any atom is -0.507 e. The zero-order valence-electron chi connectivity index (χ0n) is 15.2. The Morgan fingerprint density at radius 3 is 2.29 bits per heavy atom. The summed E-state index contributed by atoms with van der Waals surface area (Å²) in [7, 11) is 1.45. The fourth-order valence-corrected chi connectivity index (χ4v) is 3.71. The number of methoxy groups -OCH3 is 1. The smallest absolute Gasteiger partial charge is 0.201 e. The lowest BCUT2D eigenvalue weighted by Crippen LogP contribution is -2.22. The minimum absolute atomic E-state index is 0.0515. The van der Waals surface area contributed by atoms with E-state index < -0.39 is 5.78 Å². The second kappa shape index (κ2) is 7.13. The number of hydrogen-bond donors (Lipinski definition) is 1. The van der Waals surface area contributed by atoms with E-state index >= 15 is 0 Å². The van der Waals surface area contributed by atoms with Crippen molar-refractivity contribution >= 4 is 23.2 Å². The zero-order valence-corrected chi connectivity index (χ0v) is 15.9. The number of hydrogen-bond acceptors (Lipinski definition) is 4. The molecule has 0 spiro atoms. The summed E-state index contributed by atoms with van der Waals surface area (Å²) in [5.74, 6) is -0.496. The number of fused-ring (bicyclic) bond motifs is 2. The summed E-state index contributed by atoms with van der Waals surface area (Å²) in [5.41, 5.74) is 2.45. The summed E-state index contributed by atoms with van der Waals surface area (Å²) < 4.78 is 5.27. The molecule has 0 atom stereocenters. The number of ketones is 2. The van der Waals surface area contributed by atoms with E-state index in [4.69, 9.17) is 16.3 Å². The predicted octanol–water partition coefficient (Wildman–Crippen LogP) is 4.61. The number of ether oxygens (including phenoxy) is 1. The normalized spacial score (nSPS) is 12.5. The van der Waals surface area contributed by atoms with Crippen molar-refractivity contribution in [1.29, 1.82) is 0 Å². The molecule has 0 fully saturated rings. The molecule has 3 aromatic rings. The fourth-order valence-electron chi connectivity index (χ4n) is 3.58. The molecule has 1 N–H and O–H groups in total. The maximum Gasteiger partial charge on any atom is 0.201 e. The first-order chi connectivity index (χ1) is 13.5. The molecule has 0 saturated heterocycles. The van der Waals surface area contributed by atoms with Gasteiger partial charge in [0.05, 0.1) is 18.2 Å². The van der Waals surface area contributed by atoms with E-state index in [0.29, 0.717) is 34.7 Å². The standard InChI is InChI=1S/C23H17ClO4/c1-28-18-4-2-3-16-19(18)23(27)20-17(22(16)26)12-9-14(21(20)25)8-5-13-6-10-15(24)11-7-13/h2-4,6-7,9-12,25H,5,8H2,1H3. The molecule has 0 unspecified atom stereocenters. The van der Waals surface area contributed by atoms with Crippen LogP contribution in [0.15, 0.2) is 54.6 Å². The Balaban J connectivity index is 1.72. The van der Waals surface area contributed by atoms with Gasteiger partial charge in [0.15, 0.2) is 5.78 Å². The van der Waals surface area contributed by atoms with Crippen LogP contribution >= 0.6 is 11.6 Å². The van der Waals surface area contributed by atoms with Gasteiger partial charge < -0.3 is 9.84 Å². The number of aryl methyl sites for hydroxylation is 2. The average Bonchev–Trinajstić information content (AvgIpc) is 2.71. The molecular weight excluding hydrogens is 376 g/mol. The average molecular weight is 393 g/mol. The molecule has 0 aliphatic heterocycles. The first-order valence-corrected chi connectivity index (χ1v) is 9.24. The Labute approximate surface area is 167 Å². The van der Waals surface area contributed by atoms with E-state index in [9.17, 15) is 14.7 Å². The van der Waals surface area contributed by atoms with E-state index in [1.165, 1.54) is 7.11 Å². The largest absolute Gasteiger partial charge is 0.507 e. The Kier molecular flexibility index (Phi) is 4.65. The van der Waals surface area contributed by atoms with Crippen LogP contribution in [0.2, 0.25) is 5.02 Å². The van der Waals surface area contributed by atoms with Crippen LogP contribution in [-0.4, -0.2) is 23.8 Å². The Morgan fingerprint density at radius 1 is 0.857 bits per heavy atom. The lowest BCUT2D eigenvalue weighted by atomic mass is 9.81. The Morgan fingerprint density at radius 2 is 1.57 bits per heavy atom. The van der Waals surface area contributed by atoms with E-state index in [0.717, 1.165) is 5.56 Å². The van der Waals surface area contributed by atoms with Gasteiger partial charge in [-0.2, -0.15) is 0 Å². The molecule has 4 rings (SSSR count). The molecule has 4 nitrogen and oxygen atoms in total. The molecule has 0 amide bonds. The van der Waals surface area contributed by atoms with Crippen molar-refractivity contribution in [3.05, 3.63) is 93.0 Å². The van der Waals surface area contributed by atoms with Gasteiger partial charge in [-0.15, -0.1) is 0 Å². The van der Waals surface area contributed by atoms with Crippen molar-refractivity contribution in [2.75, 3.05) is 7.11 Å². The monoisotopic (exact) mass is 392 g/mol. The third-order valence-electron chi connectivity index (χ3n) is 5.05. The molecule has 0 bridgehead atoms. The van der Waals surface area contributed by atoms with Crippen LogP contribution in [0.5, 0.6) is 11.5 Å². The summed E-state index contributed by atoms with van der Waals surface area (Å²) in [5, 5.41) is 11.5. The Bertz CT molecular complexity index is 1100. The molecular formula is C23H17ClO4. The van der Waals surface area contributed by atoms with Crippen molar-refractivity contribution in [3.63, 3.8) is 0 Å². The van der Waals surface area contributed by atoms with Crippen LogP contribution in [0.3, 0.4) is 0 Å². The molecule has 0 radical (unpaired) electrons. The summed E-state index contributed by atoms with van der Waals surface area (Å²) >= 11 is 5.91. The summed E-state index contributed by atoms with van der Waals surface area (Å²) in [4.78, 5) is 26.0. The van der Waals surface area contributed by atoms with Gasteiger partial charge in [0, 0.05) is 16.1 Å². The van der Waals surface area contributed by atoms with Gasteiger partial charge in [0.2, 0.25) is 5.78 Å². The van der Waals surface area contributed by atoms with Gasteiger partial charge in [-0.25, -0.2) is 0 Å². The van der Waals surface area contributed by atoms with Crippen LogP contribution in [0, 0.1) is 0 Å². The van der Waals surface area contributed by atoms with Gasteiger partial charge in [0.25, 0.3) is 0 Å². The molecule has 0 saturated carbocycles. The Hall–Kier alpha value is -3.11. The van der Waals surface area contributed by atoms with Crippen LogP contribution < -0.4 is 4.74 Å². The van der Waals surface area contributed by atoms with Gasteiger partial charge in [-0.1, -0.05) is 41.9 Å². The summed E-state index contributed by atoms with van der Waals surface area (Å²) in [6, 6.07) is 15.7. The quantitative estimate of drug-likeness (QED) is 0.550. The van der Waals surface area contributed by atoms with Crippen LogP contribution in [0.1, 0.15) is 43.0 Å². The molecule has 28 heavy (non-hydrogen) atoms. The first kappa shape index (κ1) is 18.3. The second-order valence-electron chi connectivity index (χ2n) is 6.66. The van der Waals surface area contributed by atoms with Crippen LogP contribution in [0.4, 0.5) is 0 Å². The van der Waals surface area contributed by atoms with Crippen molar-refractivity contribution in [3.8, 4) is 11.5 Å². The predicted molar refractivity (Wildman–Crippen MR) is 107 cm³/mol. The van der Waals surface area contributed by atoms with Gasteiger partial charge in [-0.05, 0) is 48.2 Å². The first-order valence-electron chi connectivity index (χ1n) is 8.87.